The van der Waals surface area contributed by atoms with Crippen LogP contribution in [-0.4, -0.2) is 22.2 Å². The van der Waals surface area contributed by atoms with Crippen LogP contribution in [0.5, 0.6) is 0 Å². The monoisotopic (exact) mass is 396 g/mol. The molecule has 5 heteroatoms. The number of amides is 1. The minimum atomic E-state index is -0.431. The molecule has 5 nitrogen and oxygen atoms in total. The summed E-state index contributed by atoms with van der Waals surface area (Å²) in [5.41, 5.74) is 5.90. The molecule has 0 spiro atoms. The van der Waals surface area contributed by atoms with Gasteiger partial charge in [-0.2, -0.15) is 10.4 Å². The number of hydrogen-bond acceptors (Lipinski definition) is 3. The molecule has 0 aliphatic rings. The number of aryl methyl sites for hydroxylation is 2. The largest absolute Gasteiger partial charge is 0.348 e. The van der Waals surface area contributed by atoms with E-state index in [0.717, 1.165) is 27.9 Å². The lowest BCUT2D eigenvalue weighted by Crippen LogP contribution is -2.24. The molecule has 2 aromatic carbocycles. The van der Waals surface area contributed by atoms with Gasteiger partial charge in [0, 0.05) is 23.9 Å². The van der Waals surface area contributed by atoms with E-state index in [4.69, 9.17) is 5.10 Å². The number of aromatic nitrogens is 2. The molecule has 30 heavy (non-hydrogen) atoms. The van der Waals surface area contributed by atoms with E-state index in [9.17, 15) is 10.1 Å². The molecule has 0 unspecified atom stereocenters. The molecule has 1 N–H and O–H groups in total. The predicted molar refractivity (Wildman–Crippen MR) is 119 cm³/mol. The Bertz CT molecular complexity index is 1130. The SMILES string of the molecule is C=CCNC(=O)/C(C#N)=C/c1cn(Cc2ccccc2)nc1-c1ccc(C)c(C)c1. The summed E-state index contributed by atoms with van der Waals surface area (Å²) in [5.74, 6) is -0.431. The van der Waals surface area contributed by atoms with Crippen molar-refractivity contribution in [3.63, 3.8) is 0 Å². The Morgan fingerprint density at radius 2 is 1.97 bits per heavy atom. The van der Waals surface area contributed by atoms with Crippen LogP contribution < -0.4 is 5.32 Å². The zero-order valence-electron chi connectivity index (χ0n) is 17.2. The lowest BCUT2D eigenvalue weighted by Gasteiger charge is -2.05. The maximum absolute atomic E-state index is 12.3. The summed E-state index contributed by atoms with van der Waals surface area (Å²) in [7, 11) is 0. The van der Waals surface area contributed by atoms with Gasteiger partial charge in [-0.25, -0.2) is 0 Å². The van der Waals surface area contributed by atoms with Gasteiger partial charge in [-0.1, -0.05) is 48.5 Å². The van der Waals surface area contributed by atoms with Gasteiger partial charge >= 0.3 is 0 Å². The van der Waals surface area contributed by atoms with Crippen molar-refractivity contribution in [2.75, 3.05) is 6.54 Å². The normalized spacial score (nSPS) is 11.0. The van der Waals surface area contributed by atoms with E-state index in [0.29, 0.717) is 13.1 Å². The standard InChI is InChI=1S/C25H24N4O/c1-4-12-27-25(30)22(15-26)14-23-17-29(16-20-8-6-5-7-9-20)28-24(23)21-11-10-18(2)19(3)13-21/h4-11,13-14,17H,1,12,16H2,2-3H3,(H,27,30)/b22-14+. The topological polar surface area (TPSA) is 70.7 Å². The van der Waals surface area contributed by atoms with Crippen molar-refractivity contribution < 1.29 is 4.79 Å². The minimum absolute atomic E-state index is 0.0289. The van der Waals surface area contributed by atoms with Crippen LogP contribution in [0.4, 0.5) is 0 Å². The van der Waals surface area contributed by atoms with Gasteiger partial charge < -0.3 is 5.32 Å². The zero-order chi connectivity index (χ0) is 21.5. The van der Waals surface area contributed by atoms with Crippen LogP contribution in [0.2, 0.25) is 0 Å². The van der Waals surface area contributed by atoms with Gasteiger partial charge in [0.05, 0.1) is 12.2 Å². The van der Waals surface area contributed by atoms with E-state index >= 15 is 0 Å². The Morgan fingerprint density at radius 1 is 1.20 bits per heavy atom. The van der Waals surface area contributed by atoms with Crippen LogP contribution in [0.15, 0.2) is 73.0 Å². The number of nitrogens with one attached hydrogen (secondary N) is 1. The number of nitrogens with zero attached hydrogens (tertiary/aromatic N) is 3. The summed E-state index contributed by atoms with van der Waals surface area (Å²) < 4.78 is 1.84. The van der Waals surface area contributed by atoms with Gasteiger partial charge in [-0.05, 0) is 42.7 Å². The fourth-order valence-electron chi connectivity index (χ4n) is 3.07. The third-order valence-corrected chi connectivity index (χ3v) is 4.83. The van der Waals surface area contributed by atoms with Crippen LogP contribution in [0.25, 0.3) is 17.3 Å². The first kappa shape index (κ1) is 20.8. The van der Waals surface area contributed by atoms with Gasteiger partial charge in [0.1, 0.15) is 11.6 Å². The van der Waals surface area contributed by atoms with Crippen LogP contribution in [0, 0.1) is 25.2 Å². The minimum Gasteiger partial charge on any atom is -0.348 e. The first-order valence-corrected chi connectivity index (χ1v) is 9.71. The quantitative estimate of drug-likeness (QED) is 0.365. The second kappa shape index (κ2) is 9.53. The van der Waals surface area contributed by atoms with E-state index in [2.05, 4.69) is 37.9 Å². The fourth-order valence-corrected chi connectivity index (χ4v) is 3.07. The van der Waals surface area contributed by atoms with Crippen LogP contribution in [0.3, 0.4) is 0 Å². The van der Waals surface area contributed by atoms with Crippen molar-refractivity contribution in [1.29, 1.82) is 5.26 Å². The number of rotatable bonds is 7. The van der Waals surface area contributed by atoms with Crippen LogP contribution >= 0.6 is 0 Å². The van der Waals surface area contributed by atoms with Crippen molar-refractivity contribution >= 4 is 12.0 Å². The highest BCUT2D eigenvalue weighted by Gasteiger charge is 2.15. The van der Waals surface area contributed by atoms with E-state index < -0.39 is 5.91 Å². The highest BCUT2D eigenvalue weighted by atomic mass is 16.1. The lowest BCUT2D eigenvalue weighted by molar-refractivity contribution is -0.116. The van der Waals surface area contributed by atoms with Crippen LogP contribution in [0.1, 0.15) is 22.3 Å². The lowest BCUT2D eigenvalue weighted by atomic mass is 10.0. The van der Waals surface area contributed by atoms with E-state index in [1.165, 1.54) is 5.56 Å². The van der Waals surface area contributed by atoms with Crippen molar-refractivity contribution in [2.24, 2.45) is 0 Å². The van der Waals surface area contributed by atoms with Crippen molar-refractivity contribution in [1.82, 2.24) is 15.1 Å². The second-order valence-corrected chi connectivity index (χ2v) is 7.08. The number of carbonyl (C=O) groups excluding carboxylic acids is 1. The highest BCUT2D eigenvalue weighted by molar-refractivity contribution is 6.02. The van der Waals surface area contributed by atoms with Gasteiger partial charge in [0.25, 0.3) is 5.91 Å². The summed E-state index contributed by atoms with van der Waals surface area (Å²) in [6.07, 6.45) is 5.04. The Morgan fingerprint density at radius 3 is 2.63 bits per heavy atom. The molecule has 0 aliphatic carbocycles. The first-order chi connectivity index (χ1) is 14.5. The van der Waals surface area contributed by atoms with E-state index in [1.807, 2.05) is 53.3 Å². The number of carbonyl (C=O) groups is 1. The van der Waals surface area contributed by atoms with Gasteiger partial charge in [0.15, 0.2) is 0 Å². The van der Waals surface area contributed by atoms with Crippen LogP contribution in [-0.2, 0) is 11.3 Å². The molecule has 0 atom stereocenters. The Labute approximate surface area is 177 Å². The summed E-state index contributed by atoms with van der Waals surface area (Å²) in [6, 6.07) is 18.2. The number of benzene rings is 2. The Hall–Kier alpha value is -3.91. The predicted octanol–water partition coefficient (Wildman–Crippen LogP) is 4.42. The molecular formula is C25H24N4O. The number of nitriles is 1. The molecule has 0 saturated carbocycles. The molecule has 3 rings (SSSR count). The van der Waals surface area contributed by atoms with Crippen molar-refractivity contribution in [3.8, 4) is 17.3 Å². The maximum atomic E-state index is 12.3. The molecule has 150 valence electrons. The third kappa shape index (κ3) is 4.92. The summed E-state index contributed by atoms with van der Waals surface area (Å²) in [6.45, 7) is 8.59. The third-order valence-electron chi connectivity index (χ3n) is 4.83. The highest BCUT2D eigenvalue weighted by Crippen LogP contribution is 2.26. The van der Waals surface area contributed by atoms with E-state index in [-0.39, 0.29) is 5.57 Å². The Balaban J connectivity index is 2.05. The van der Waals surface area contributed by atoms with Gasteiger partial charge in [-0.15, -0.1) is 6.58 Å². The van der Waals surface area contributed by atoms with E-state index in [1.54, 1.807) is 12.2 Å². The molecule has 3 aromatic rings. The fraction of sp³-hybridized carbons (Fsp3) is 0.160. The molecule has 0 radical (unpaired) electrons. The average Bonchev–Trinajstić information content (AvgIpc) is 3.15. The zero-order valence-corrected chi connectivity index (χ0v) is 17.2. The van der Waals surface area contributed by atoms with Gasteiger partial charge in [0.2, 0.25) is 0 Å². The molecule has 0 bridgehead atoms. The second-order valence-electron chi connectivity index (χ2n) is 7.08. The van der Waals surface area contributed by atoms with Gasteiger partial charge in [-0.3, -0.25) is 9.48 Å². The maximum Gasteiger partial charge on any atom is 0.262 e. The molecule has 0 aliphatic heterocycles. The molecule has 1 heterocycles. The molecule has 1 amide bonds. The summed E-state index contributed by atoms with van der Waals surface area (Å²) >= 11 is 0. The molecule has 0 fully saturated rings. The number of hydrogen-bond donors (Lipinski definition) is 1. The molecular weight excluding hydrogens is 372 g/mol. The Kier molecular flexibility index (Phi) is 6.61. The summed E-state index contributed by atoms with van der Waals surface area (Å²) in [4.78, 5) is 12.3. The van der Waals surface area contributed by atoms with Crippen molar-refractivity contribution in [3.05, 3.63) is 95.2 Å². The molecule has 1 aromatic heterocycles. The molecule has 0 saturated heterocycles. The summed E-state index contributed by atoms with van der Waals surface area (Å²) in [5, 5.41) is 16.9. The average molecular weight is 396 g/mol. The van der Waals surface area contributed by atoms with Crippen molar-refractivity contribution in [2.45, 2.75) is 20.4 Å². The first-order valence-electron chi connectivity index (χ1n) is 9.71. The smallest absolute Gasteiger partial charge is 0.262 e.